The smallest absolute Gasteiger partial charge is 0.123 e. The lowest BCUT2D eigenvalue weighted by Gasteiger charge is -2.23. The van der Waals surface area contributed by atoms with Crippen molar-refractivity contribution in [2.45, 2.75) is 6.04 Å². The zero-order valence-electron chi connectivity index (χ0n) is 7.36. The van der Waals surface area contributed by atoms with Gasteiger partial charge in [-0.3, -0.25) is 0 Å². The third-order valence-corrected chi connectivity index (χ3v) is 2.13. The van der Waals surface area contributed by atoms with Gasteiger partial charge in [0.25, 0.3) is 0 Å². The lowest BCUT2D eigenvalue weighted by atomic mass is 10.1. The first-order chi connectivity index (χ1) is 6.36. The van der Waals surface area contributed by atoms with E-state index in [1.54, 1.807) is 6.20 Å². The van der Waals surface area contributed by atoms with Gasteiger partial charge in [-0.2, -0.15) is 0 Å². The molecule has 4 heteroatoms. The van der Waals surface area contributed by atoms with Gasteiger partial charge in [-0.25, -0.2) is 4.98 Å². The maximum Gasteiger partial charge on any atom is 0.123 e. The summed E-state index contributed by atoms with van der Waals surface area (Å²) in [7, 11) is 0. The van der Waals surface area contributed by atoms with E-state index >= 15 is 0 Å². The van der Waals surface area contributed by atoms with Crippen LogP contribution in [0.2, 0.25) is 0 Å². The Bertz CT molecular complexity index is 267. The maximum atomic E-state index is 5.49. The van der Waals surface area contributed by atoms with E-state index in [1.165, 1.54) is 0 Å². The van der Waals surface area contributed by atoms with E-state index in [1.807, 2.05) is 12.1 Å². The quantitative estimate of drug-likeness (QED) is 0.652. The zero-order valence-corrected chi connectivity index (χ0v) is 7.36. The fourth-order valence-electron chi connectivity index (χ4n) is 1.40. The summed E-state index contributed by atoms with van der Waals surface area (Å²) < 4.78 is 5.35. The second-order valence-corrected chi connectivity index (χ2v) is 3.10. The summed E-state index contributed by atoms with van der Waals surface area (Å²) in [5.41, 5.74) is 6.63. The molecule has 13 heavy (non-hydrogen) atoms. The summed E-state index contributed by atoms with van der Waals surface area (Å²) in [6.45, 7) is 2.40. The van der Waals surface area contributed by atoms with Crippen molar-refractivity contribution in [1.82, 2.24) is 10.3 Å². The van der Waals surface area contributed by atoms with Crippen molar-refractivity contribution in [2.75, 3.05) is 25.5 Å². The molecule has 70 valence electrons. The number of nitrogen functional groups attached to an aromatic ring is 1. The molecule has 0 aromatic carbocycles. The molecule has 1 aliphatic heterocycles. The van der Waals surface area contributed by atoms with Crippen molar-refractivity contribution in [1.29, 1.82) is 0 Å². The first-order valence-electron chi connectivity index (χ1n) is 4.39. The number of nitrogens with zero attached hydrogens (tertiary/aromatic N) is 1. The van der Waals surface area contributed by atoms with Crippen LogP contribution in [0.4, 0.5) is 5.82 Å². The molecule has 0 aliphatic carbocycles. The minimum atomic E-state index is 0.266. The highest BCUT2D eigenvalue weighted by Gasteiger charge is 2.14. The first kappa shape index (κ1) is 8.47. The average Bonchev–Trinajstić information content (AvgIpc) is 2.20. The van der Waals surface area contributed by atoms with Crippen LogP contribution in [0.1, 0.15) is 11.6 Å². The van der Waals surface area contributed by atoms with Crippen LogP contribution in [-0.4, -0.2) is 24.7 Å². The van der Waals surface area contributed by atoms with Gasteiger partial charge >= 0.3 is 0 Å². The Morgan fingerprint density at radius 2 is 2.46 bits per heavy atom. The van der Waals surface area contributed by atoms with Crippen molar-refractivity contribution in [3.63, 3.8) is 0 Å². The van der Waals surface area contributed by atoms with Crippen LogP contribution in [-0.2, 0) is 4.74 Å². The average molecular weight is 179 g/mol. The number of hydrogen-bond acceptors (Lipinski definition) is 4. The molecule has 2 heterocycles. The van der Waals surface area contributed by atoms with Crippen LogP contribution in [0.3, 0.4) is 0 Å². The Labute approximate surface area is 77.1 Å². The molecule has 0 radical (unpaired) electrons. The van der Waals surface area contributed by atoms with Crippen molar-refractivity contribution < 1.29 is 4.74 Å². The van der Waals surface area contributed by atoms with Gasteiger partial charge in [0.2, 0.25) is 0 Å². The van der Waals surface area contributed by atoms with Crippen molar-refractivity contribution in [3.8, 4) is 0 Å². The molecule has 3 N–H and O–H groups in total. The van der Waals surface area contributed by atoms with E-state index in [4.69, 9.17) is 10.5 Å². The van der Waals surface area contributed by atoms with Gasteiger partial charge in [-0.1, -0.05) is 6.07 Å². The highest BCUT2D eigenvalue weighted by Crippen LogP contribution is 2.14. The maximum absolute atomic E-state index is 5.49. The van der Waals surface area contributed by atoms with Crippen LogP contribution in [0.15, 0.2) is 18.3 Å². The summed E-state index contributed by atoms with van der Waals surface area (Å²) >= 11 is 0. The Morgan fingerprint density at radius 3 is 3.08 bits per heavy atom. The van der Waals surface area contributed by atoms with Crippen LogP contribution in [0.25, 0.3) is 0 Å². The van der Waals surface area contributed by atoms with Gasteiger partial charge in [0.1, 0.15) is 5.82 Å². The monoisotopic (exact) mass is 179 g/mol. The van der Waals surface area contributed by atoms with E-state index in [0.717, 1.165) is 18.7 Å². The van der Waals surface area contributed by atoms with Crippen LogP contribution in [0, 0.1) is 0 Å². The van der Waals surface area contributed by atoms with Gasteiger partial charge in [0.05, 0.1) is 19.3 Å². The Morgan fingerprint density at radius 1 is 1.54 bits per heavy atom. The zero-order chi connectivity index (χ0) is 9.10. The molecule has 0 spiro atoms. The van der Waals surface area contributed by atoms with Crippen LogP contribution < -0.4 is 11.1 Å². The fourth-order valence-corrected chi connectivity index (χ4v) is 1.40. The predicted molar refractivity (Wildman–Crippen MR) is 50.2 cm³/mol. The van der Waals surface area contributed by atoms with E-state index in [0.29, 0.717) is 12.4 Å². The van der Waals surface area contributed by atoms with Gasteiger partial charge in [0, 0.05) is 12.7 Å². The van der Waals surface area contributed by atoms with Crippen LogP contribution in [0.5, 0.6) is 0 Å². The van der Waals surface area contributed by atoms with Crippen molar-refractivity contribution in [2.24, 2.45) is 0 Å². The number of aromatic nitrogens is 1. The number of nitrogens with two attached hydrogens (primary N) is 1. The number of ether oxygens (including phenoxy) is 1. The molecule has 0 amide bonds. The third kappa shape index (κ3) is 1.96. The topological polar surface area (TPSA) is 60.2 Å². The molecule has 1 aromatic heterocycles. The molecular weight excluding hydrogens is 166 g/mol. The highest BCUT2D eigenvalue weighted by atomic mass is 16.5. The molecule has 2 rings (SSSR count). The molecule has 1 aromatic rings. The summed E-state index contributed by atoms with van der Waals surface area (Å²) in [4.78, 5) is 4.04. The second kappa shape index (κ2) is 3.72. The minimum absolute atomic E-state index is 0.266. The predicted octanol–water partition coefficient (Wildman–Crippen LogP) is 0.325. The van der Waals surface area contributed by atoms with E-state index in [2.05, 4.69) is 10.3 Å². The highest BCUT2D eigenvalue weighted by molar-refractivity contribution is 5.30. The Balaban J connectivity index is 2.10. The first-order valence-corrected chi connectivity index (χ1v) is 4.39. The summed E-state index contributed by atoms with van der Waals surface area (Å²) in [5.74, 6) is 0.556. The van der Waals surface area contributed by atoms with E-state index < -0.39 is 0 Å². The molecule has 0 saturated carbocycles. The number of morpholine rings is 1. The van der Waals surface area contributed by atoms with Crippen molar-refractivity contribution >= 4 is 5.82 Å². The van der Waals surface area contributed by atoms with E-state index in [9.17, 15) is 0 Å². The lowest BCUT2D eigenvalue weighted by molar-refractivity contribution is 0.0768. The summed E-state index contributed by atoms with van der Waals surface area (Å²) in [6, 6.07) is 4.06. The molecule has 1 fully saturated rings. The second-order valence-electron chi connectivity index (χ2n) is 3.10. The number of anilines is 1. The Kier molecular flexibility index (Phi) is 2.42. The summed E-state index contributed by atoms with van der Waals surface area (Å²) in [6.07, 6.45) is 1.79. The molecule has 0 bridgehead atoms. The lowest BCUT2D eigenvalue weighted by Crippen LogP contribution is -2.34. The van der Waals surface area contributed by atoms with Crippen LogP contribution >= 0.6 is 0 Å². The third-order valence-electron chi connectivity index (χ3n) is 2.13. The molecule has 1 atom stereocenters. The van der Waals surface area contributed by atoms with Gasteiger partial charge in [-0.15, -0.1) is 0 Å². The molecule has 0 unspecified atom stereocenters. The minimum Gasteiger partial charge on any atom is -0.384 e. The number of pyridine rings is 1. The fraction of sp³-hybridized carbons (Fsp3) is 0.444. The molecular formula is C9H13N3O. The van der Waals surface area contributed by atoms with Gasteiger partial charge in [-0.05, 0) is 11.6 Å². The number of hydrogen-bond donors (Lipinski definition) is 2. The molecule has 1 aliphatic rings. The largest absolute Gasteiger partial charge is 0.384 e. The standard InChI is InChI=1S/C9H13N3O/c10-9-2-1-7(5-12-9)8-6-13-4-3-11-8/h1-2,5,8,11H,3-4,6H2,(H2,10,12)/t8-/m0/s1. The van der Waals surface area contributed by atoms with E-state index in [-0.39, 0.29) is 6.04 Å². The molecule has 4 nitrogen and oxygen atoms in total. The SMILES string of the molecule is Nc1ccc([C@@H]2COCCN2)cn1. The normalized spacial score (nSPS) is 22.9. The van der Waals surface area contributed by atoms with Gasteiger partial charge < -0.3 is 15.8 Å². The Hall–Kier alpha value is -1.13. The molecule has 1 saturated heterocycles. The number of nitrogens with one attached hydrogen (secondary N) is 1. The number of rotatable bonds is 1. The summed E-state index contributed by atoms with van der Waals surface area (Å²) in [5, 5.41) is 3.35. The van der Waals surface area contributed by atoms with Gasteiger partial charge in [0.15, 0.2) is 0 Å². The van der Waals surface area contributed by atoms with Crippen molar-refractivity contribution in [3.05, 3.63) is 23.9 Å².